The third kappa shape index (κ3) is 3.00. The van der Waals surface area contributed by atoms with Crippen molar-refractivity contribution in [2.24, 2.45) is 0 Å². The summed E-state index contributed by atoms with van der Waals surface area (Å²) in [6.07, 6.45) is 3.23. The van der Waals surface area contributed by atoms with Gasteiger partial charge in [0.15, 0.2) is 0 Å². The molecular weight excluding hydrogens is 371 g/mol. The molecule has 0 atom stereocenters. The van der Waals surface area contributed by atoms with Crippen LogP contribution in [-0.2, 0) is 0 Å². The zero-order valence-corrected chi connectivity index (χ0v) is 15.4. The van der Waals surface area contributed by atoms with E-state index in [1.807, 2.05) is 42.5 Å². The quantitative estimate of drug-likeness (QED) is 0.472. The Morgan fingerprint density at radius 3 is 2.72 bits per heavy atom. The second-order valence-electron chi connectivity index (χ2n) is 6.42. The molecule has 0 spiro atoms. The Morgan fingerprint density at radius 1 is 1.07 bits per heavy atom. The average Bonchev–Trinajstić information content (AvgIpc) is 3.41. The lowest BCUT2D eigenvalue weighted by Crippen LogP contribution is -1.94. The molecule has 8 heteroatoms. The minimum atomic E-state index is -0.512. The summed E-state index contributed by atoms with van der Waals surface area (Å²) >= 11 is 0. The number of rotatable bonds is 4. The van der Waals surface area contributed by atoms with Gasteiger partial charge in [-0.25, -0.2) is 9.67 Å². The number of aromatic amines is 1. The van der Waals surface area contributed by atoms with Gasteiger partial charge in [-0.1, -0.05) is 11.3 Å². The van der Waals surface area contributed by atoms with Crippen LogP contribution in [0.4, 0.5) is 4.39 Å². The van der Waals surface area contributed by atoms with Gasteiger partial charge in [0.05, 0.1) is 24.5 Å². The molecule has 7 nitrogen and oxygen atoms in total. The van der Waals surface area contributed by atoms with E-state index in [4.69, 9.17) is 4.74 Å². The van der Waals surface area contributed by atoms with Crippen molar-refractivity contribution in [1.82, 2.24) is 30.2 Å². The average molecular weight is 386 g/mol. The topological polar surface area (TPSA) is 81.5 Å². The van der Waals surface area contributed by atoms with Crippen molar-refractivity contribution in [3.8, 4) is 34.0 Å². The van der Waals surface area contributed by atoms with Gasteiger partial charge in [-0.15, -0.1) is 5.10 Å². The fourth-order valence-corrected chi connectivity index (χ4v) is 3.21. The van der Waals surface area contributed by atoms with Gasteiger partial charge in [-0.2, -0.15) is 9.49 Å². The minimum Gasteiger partial charge on any atom is -0.497 e. The molecule has 0 aliphatic rings. The molecule has 0 radical (unpaired) electrons. The summed E-state index contributed by atoms with van der Waals surface area (Å²) in [6.45, 7) is 0. The van der Waals surface area contributed by atoms with Crippen molar-refractivity contribution in [2.75, 3.05) is 7.11 Å². The lowest BCUT2D eigenvalue weighted by molar-refractivity contribution is 0.414. The number of fused-ring (bicyclic) bond motifs is 1. The van der Waals surface area contributed by atoms with E-state index in [1.165, 1.54) is 6.20 Å². The summed E-state index contributed by atoms with van der Waals surface area (Å²) in [5, 5.41) is 16.7. The maximum atomic E-state index is 14.1. The van der Waals surface area contributed by atoms with Gasteiger partial charge in [0.1, 0.15) is 17.1 Å². The smallest absolute Gasteiger partial charge is 0.220 e. The Balaban J connectivity index is 1.56. The number of halogens is 1. The molecule has 3 heterocycles. The van der Waals surface area contributed by atoms with Crippen molar-refractivity contribution in [2.45, 2.75) is 0 Å². The minimum absolute atomic E-state index is 0.434. The lowest BCUT2D eigenvalue weighted by Gasteiger charge is -2.03. The summed E-state index contributed by atoms with van der Waals surface area (Å²) in [4.78, 5) is 3.73. The monoisotopic (exact) mass is 386 g/mol. The molecule has 0 unspecified atom stereocenters. The highest BCUT2D eigenvalue weighted by molar-refractivity contribution is 5.94. The largest absolute Gasteiger partial charge is 0.497 e. The second kappa shape index (κ2) is 6.83. The molecule has 2 aromatic carbocycles. The first-order valence-corrected chi connectivity index (χ1v) is 8.89. The molecule has 5 rings (SSSR count). The maximum absolute atomic E-state index is 14.1. The van der Waals surface area contributed by atoms with E-state index in [0.29, 0.717) is 22.5 Å². The normalized spacial score (nSPS) is 11.1. The number of nitrogens with one attached hydrogen (secondary N) is 1. The Hall–Kier alpha value is -4.07. The Labute approximate surface area is 164 Å². The Kier molecular flexibility index (Phi) is 4.02. The van der Waals surface area contributed by atoms with Crippen molar-refractivity contribution < 1.29 is 9.13 Å². The number of ether oxygens (including phenoxy) is 1. The molecule has 0 bridgehead atoms. The van der Waals surface area contributed by atoms with E-state index in [2.05, 4.69) is 25.5 Å². The molecule has 0 aliphatic heterocycles. The van der Waals surface area contributed by atoms with Gasteiger partial charge in [0.25, 0.3) is 0 Å². The van der Waals surface area contributed by atoms with E-state index in [9.17, 15) is 4.39 Å². The number of nitrogens with zero attached hydrogens (tertiary/aromatic N) is 5. The van der Waals surface area contributed by atoms with Gasteiger partial charge < -0.3 is 4.74 Å². The van der Waals surface area contributed by atoms with Crippen LogP contribution >= 0.6 is 0 Å². The van der Waals surface area contributed by atoms with Gasteiger partial charge in [0.2, 0.25) is 5.95 Å². The van der Waals surface area contributed by atoms with Crippen molar-refractivity contribution in [3.05, 3.63) is 72.9 Å². The van der Waals surface area contributed by atoms with Crippen molar-refractivity contribution >= 4 is 10.9 Å². The molecule has 0 saturated carbocycles. The molecule has 0 aliphatic carbocycles. The molecule has 0 amide bonds. The zero-order valence-electron chi connectivity index (χ0n) is 15.4. The van der Waals surface area contributed by atoms with Crippen LogP contribution < -0.4 is 4.74 Å². The lowest BCUT2D eigenvalue weighted by atomic mass is 10.0. The molecule has 29 heavy (non-hydrogen) atoms. The van der Waals surface area contributed by atoms with Crippen LogP contribution in [0.1, 0.15) is 0 Å². The van der Waals surface area contributed by atoms with E-state index >= 15 is 0 Å². The van der Waals surface area contributed by atoms with Crippen LogP contribution in [0.2, 0.25) is 0 Å². The van der Waals surface area contributed by atoms with E-state index in [-0.39, 0.29) is 0 Å². The summed E-state index contributed by atoms with van der Waals surface area (Å²) in [7, 11) is 1.62. The van der Waals surface area contributed by atoms with Crippen LogP contribution in [0.25, 0.3) is 39.1 Å². The van der Waals surface area contributed by atoms with Crippen molar-refractivity contribution in [3.63, 3.8) is 0 Å². The Morgan fingerprint density at radius 2 is 1.93 bits per heavy atom. The van der Waals surface area contributed by atoms with Gasteiger partial charge in [-0.3, -0.25) is 5.10 Å². The fraction of sp³-hybridized carbons (Fsp3) is 0.0476. The number of hydrogen-bond acceptors (Lipinski definition) is 5. The first-order chi connectivity index (χ1) is 14.2. The van der Waals surface area contributed by atoms with Crippen LogP contribution in [0.5, 0.6) is 5.75 Å². The van der Waals surface area contributed by atoms with Crippen molar-refractivity contribution in [1.29, 1.82) is 0 Å². The highest BCUT2D eigenvalue weighted by Gasteiger charge is 2.15. The van der Waals surface area contributed by atoms with Crippen LogP contribution in [0.15, 0.2) is 67.0 Å². The summed E-state index contributed by atoms with van der Waals surface area (Å²) in [5.41, 5.74) is 4.08. The molecule has 5 aromatic rings. The van der Waals surface area contributed by atoms with Crippen LogP contribution in [0.3, 0.4) is 0 Å². The first kappa shape index (κ1) is 17.1. The van der Waals surface area contributed by atoms with Gasteiger partial charge in [0, 0.05) is 17.1 Å². The number of benzene rings is 2. The summed E-state index contributed by atoms with van der Waals surface area (Å²) in [6, 6.07) is 16.5. The first-order valence-electron chi connectivity index (χ1n) is 8.89. The van der Waals surface area contributed by atoms with E-state index in [1.54, 1.807) is 30.1 Å². The predicted octanol–water partition coefficient (Wildman–Crippen LogP) is 4.02. The number of pyridine rings is 1. The molecule has 0 saturated heterocycles. The number of H-pyrrole nitrogens is 1. The summed E-state index contributed by atoms with van der Waals surface area (Å²) in [5.74, 6) is 0.255. The SMILES string of the molecule is COc1ccc(-n2cc(-c3n[nH]c4ccc(-c5cccnc5F)cc34)nn2)cc1. The number of methoxy groups -OCH3 is 1. The zero-order chi connectivity index (χ0) is 19.8. The van der Waals surface area contributed by atoms with Gasteiger partial charge in [-0.05, 0) is 54.1 Å². The Bertz CT molecular complexity index is 1310. The highest BCUT2D eigenvalue weighted by atomic mass is 19.1. The van der Waals surface area contributed by atoms with E-state index < -0.39 is 5.95 Å². The van der Waals surface area contributed by atoms with Crippen LogP contribution in [0, 0.1) is 5.95 Å². The molecular formula is C21H15FN6O. The van der Waals surface area contributed by atoms with Crippen LogP contribution in [-0.4, -0.2) is 37.3 Å². The molecule has 3 aromatic heterocycles. The maximum Gasteiger partial charge on any atom is 0.220 e. The predicted molar refractivity (Wildman–Crippen MR) is 106 cm³/mol. The number of hydrogen-bond donors (Lipinski definition) is 1. The van der Waals surface area contributed by atoms with Gasteiger partial charge >= 0.3 is 0 Å². The van der Waals surface area contributed by atoms with E-state index in [0.717, 1.165) is 22.3 Å². The standard InChI is InChI=1S/C21H15FN6O/c1-29-15-7-5-14(6-8-15)28-12-19(25-27-28)20-17-11-13(4-9-18(17)24-26-20)16-3-2-10-23-21(16)22/h2-12H,1H3,(H,24,26). The fourth-order valence-electron chi connectivity index (χ4n) is 3.21. The molecule has 0 fully saturated rings. The molecule has 1 N–H and O–H groups in total. The number of aromatic nitrogens is 6. The highest BCUT2D eigenvalue weighted by Crippen LogP contribution is 2.30. The second-order valence-corrected chi connectivity index (χ2v) is 6.42. The molecule has 142 valence electrons. The third-order valence-corrected chi connectivity index (χ3v) is 4.71. The summed E-state index contributed by atoms with van der Waals surface area (Å²) < 4.78 is 21.0. The third-order valence-electron chi connectivity index (χ3n) is 4.71.